The van der Waals surface area contributed by atoms with Crippen LogP contribution in [-0.2, 0) is 12.4 Å². The molecule has 3 rings (SSSR count). The van der Waals surface area contributed by atoms with Crippen LogP contribution in [0.25, 0.3) is 5.57 Å². The van der Waals surface area contributed by atoms with E-state index in [0.717, 1.165) is 61.5 Å². The van der Waals surface area contributed by atoms with Gasteiger partial charge in [-0.05, 0) is 62.2 Å². The Bertz CT molecular complexity index is 1260. The van der Waals surface area contributed by atoms with Crippen molar-refractivity contribution in [3.8, 4) is 5.75 Å². The molecule has 1 aliphatic rings. The van der Waals surface area contributed by atoms with E-state index in [4.69, 9.17) is 10.5 Å². The van der Waals surface area contributed by atoms with Crippen LogP contribution in [0.2, 0.25) is 0 Å². The number of carbonyl (C=O) groups is 1. The molecule has 0 spiro atoms. The van der Waals surface area contributed by atoms with Gasteiger partial charge in [0.1, 0.15) is 12.0 Å². The number of hydrogen-bond donors (Lipinski definition) is 2. The highest BCUT2D eigenvalue weighted by Crippen LogP contribution is 2.44. The number of nitrogens with zero attached hydrogens (tertiary/aromatic N) is 3. The average Bonchev–Trinajstić information content (AvgIpc) is 3.72. The molecule has 0 radical (unpaired) electrons. The number of aliphatic hydroxyl groups excluding tert-OH is 1. The number of rotatable bonds is 9. The van der Waals surface area contributed by atoms with Gasteiger partial charge in [0.05, 0.1) is 17.7 Å². The van der Waals surface area contributed by atoms with Gasteiger partial charge in [-0.25, -0.2) is 9.18 Å². The topological polar surface area (TPSA) is 91.4 Å². The number of hydrogen-bond acceptors (Lipinski definition) is 6. The quantitative estimate of drug-likeness (QED) is 0.233. The predicted octanol–water partition coefficient (Wildman–Crippen LogP) is 5.53. The highest BCUT2D eigenvalue weighted by atomic mass is 19.4. The van der Waals surface area contributed by atoms with E-state index in [1.165, 1.54) is 0 Å². The number of aliphatic hydroxyl groups is 1. The number of benzene rings is 2. The first kappa shape index (κ1) is 30.9. The van der Waals surface area contributed by atoms with Crippen molar-refractivity contribution >= 4 is 23.6 Å². The number of ether oxygens (including phenoxy) is 1. The first-order valence-corrected chi connectivity index (χ1v) is 12.0. The number of aliphatic imine (C=N–C) groups is 1. The Morgan fingerprint density at radius 3 is 2.27 bits per heavy atom. The number of nitrogens with two attached hydrogens (primary N) is 1. The van der Waals surface area contributed by atoms with Gasteiger partial charge < -0.3 is 15.6 Å². The Morgan fingerprint density at radius 1 is 1.12 bits per heavy atom. The van der Waals surface area contributed by atoms with E-state index in [0.29, 0.717) is 6.07 Å². The minimum absolute atomic E-state index is 0.0329. The molecule has 1 fully saturated rings. The van der Waals surface area contributed by atoms with Gasteiger partial charge in [0.2, 0.25) is 0 Å². The van der Waals surface area contributed by atoms with Crippen molar-refractivity contribution in [2.24, 2.45) is 16.6 Å². The fourth-order valence-corrected chi connectivity index (χ4v) is 3.72. The van der Waals surface area contributed by atoms with E-state index in [1.54, 1.807) is 11.9 Å². The number of alkyl halides is 6. The van der Waals surface area contributed by atoms with Crippen LogP contribution in [0.1, 0.15) is 29.5 Å². The van der Waals surface area contributed by atoms with Gasteiger partial charge >= 0.3 is 18.4 Å². The Hall–Kier alpha value is -3.65. The maximum absolute atomic E-state index is 14.0. The molecule has 1 saturated carbocycles. The zero-order valence-electron chi connectivity index (χ0n) is 21.4. The van der Waals surface area contributed by atoms with Gasteiger partial charge in [0.25, 0.3) is 0 Å². The van der Waals surface area contributed by atoms with Gasteiger partial charge in [-0.2, -0.15) is 26.3 Å². The molecule has 0 aliphatic heterocycles. The predicted molar refractivity (Wildman–Crippen MR) is 134 cm³/mol. The van der Waals surface area contributed by atoms with Crippen LogP contribution in [-0.4, -0.2) is 55.7 Å². The van der Waals surface area contributed by atoms with Gasteiger partial charge in [-0.1, -0.05) is 0 Å². The maximum atomic E-state index is 14.0. The molecule has 0 heterocycles. The molecule has 1 amide bonds. The molecule has 14 heteroatoms. The summed E-state index contributed by atoms with van der Waals surface area (Å²) in [6.07, 6.45) is -9.16. The monoisotopic (exact) mass is 576 g/mol. The summed E-state index contributed by atoms with van der Waals surface area (Å²) in [5.74, 6) is -1.71. The third-order valence-corrected chi connectivity index (χ3v) is 6.20. The van der Waals surface area contributed by atoms with Crippen molar-refractivity contribution in [3.63, 3.8) is 0 Å². The van der Waals surface area contributed by atoms with E-state index >= 15 is 0 Å². The van der Waals surface area contributed by atoms with E-state index in [9.17, 15) is 40.6 Å². The number of amides is 1. The Kier molecular flexibility index (Phi) is 9.46. The number of allylic oxidation sites excluding steroid dienone is 1. The van der Waals surface area contributed by atoms with Crippen LogP contribution in [0.3, 0.4) is 0 Å². The zero-order chi connectivity index (χ0) is 29.8. The highest BCUT2D eigenvalue weighted by molar-refractivity contribution is 6.11. The molecule has 7 nitrogen and oxygen atoms in total. The number of halogens is 7. The molecule has 40 heavy (non-hydrogen) atoms. The van der Waals surface area contributed by atoms with E-state index < -0.39 is 52.9 Å². The molecule has 2 aromatic carbocycles. The molecule has 0 bridgehead atoms. The summed E-state index contributed by atoms with van der Waals surface area (Å²) in [7, 11) is 2.77. The van der Waals surface area contributed by atoms with Gasteiger partial charge in [0, 0.05) is 42.8 Å². The molecule has 218 valence electrons. The van der Waals surface area contributed by atoms with Crippen LogP contribution >= 0.6 is 0 Å². The molecular formula is C26H27F7N4O3. The van der Waals surface area contributed by atoms with Crippen LogP contribution < -0.4 is 15.4 Å². The second-order valence-electron chi connectivity index (χ2n) is 9.19. The van der Waals surface area contributed by atoms with Crippen LogP contribution in [0.15, 0.2) is 47.6 Å². The largest absolute Gasteiger partial charge is 0.420 e. The molecule has 1 aliphatic carbocycles. The zero-order valence-corrected chi connectivity index (χ0v) is 21.4. The summed E-state index contributed by atoms with van der Waals surface area (Å²) in [5.41, 5.74) is 0.945. The van der Waals surface area contributed by atoms with Crippen molar-refractivity contribution in [2.45, 2.75) is 31.4 Å². The van der Waals surface area contributed by atoms with Crippen molar-refractivity contribution in [1.29, 1.82) is 0 Å². The normalized spacial score (nSPS) is 15.5. The van der Waals surface area contributed by atoms with Crippen molar-refractivity contribution in [3.05, 3.63) is 65.1 Å². The number of likely N-dealkylation sites (N-methyl/N-ethyl adjacent to an activating group) is 1. The first-order valence-electron chi connectivity index (χ1n) is 12.0. The van der Waals surface area contributed by atoms with Gasteiger partial charge in [-0.15, -0.1) is 0 Å². The third-order valence-electron chi connectivity index (χ3n) is 6.20. The summed E-state index contributed by atoms with van der Waals surface area (Å²) in [4.78, 5) is 19.2. The third kappa shape index (κ3) is 7.72. The van der Waals surface area contributed by atoms with Crippen molar-refractivity contribution in [1.82, 2.24) is 4.90 Å². The molecule has 3 N–H and O–H groups in total. The summed E-state index contributed by atoms with van der Waals surface area (Å²) >= 11 is 0. The summed E-state index contributed by atoms with van der Waals surface area (Å²) < 4.78 is 101. The Balaban J connectivity index is 1.99. The summed E-state index contributed by atoms with van der Waals surface area (Å²) in [6, 6.07) is 4.52. The average molecular weight is 577 g/mol. The lowest BCUT2D eigenvalue weighted by molar-refractivity contribution is -0.143. The van der Waals surface area contributed by atoms with Gasteiger partial charge in [0.15, 0.2) is 5.75 Å². The number of carbonyl (C=O) groups excluding carboxylic acids is 1. The number of anilines is 1. The second kappa shape index (κ2) is 12.3. The standard InChI is InChI=1S/C26H27F7N4O3/c1-36(23(38)15-3-4-15)10-9-35-14-16(13-34)20-11-17(25(28,29)30)12-21(26(31,32)33)22(20)40-24(39)37(2)19-7-5-18(27)6-8-19/h5-8,11-15,23,38H,3-4,9-10,34H2,1-2H3/b16-13+,35-14?. The minimum atomic E-state index is -5.36. The minimum Gasteiger partial charge on any atom is -0.409 e. The van der Waals surface area contributed by atoms with E-state index in [2.05, 4.69) is 4.99 Å². The van der Waals surface area contributed by atoms with Crippen molar-refractivity contribution in [2.75, 3.05) is 32.1 Å². The molecule has 2 aromatic rings. The molecule has 0 aromatic heterocycles. The fraction of sp³-hybridized carbons (Fsp3) is 0.385. The first-order chi connectivity index (χ1) is 18.6. The SMILES string of the molecule is CN(C(=O)Oc1c(/C(C=NCCN(C)C(O)C2CC2)=C/N)cc(C(F)(F)F)cc1C(F)(F)F)c1ccc(F)cc1. The second-order valence-corrected chi connectivity index (χ2v) is 9.19. The molecule has 1 atom stereocenters. The summed E-state index contributed by atoms with van der Waals surface area (Å²) in [6.45, 7) is 0.276. The highest BCUT2D eigenvalue weighted by Gasteiger charge is 2.41. The lowest BCUT2D eigenvalue weighted by atomic mass is 9.98. The Labute approximate surface area is 225 Å². The van der Waals surface area contributed by atoms with E-state index in [-0.39, 0.29) is 36.3 Å². The lowest BCUT2D eigenvalue weighted by Gasteiger charge is -2.23. The lowest BCUT2D eigenvalue weighted by Crippen LogP contribution is -2.35. The molecule has 1 unspecified atom stereocenters. The fourth-order valence-electron chi connectivity index (χ4n) is 3.72. The van der Waals surface area contributed by atoms with Crippen LogP contribution in [0, 0.1) is 11.7 Å². The smallest absolute Gasteiger partial charge is 0.409 e. The Morgan fingerprint density at radius 2 is 1.75 bits per heavy atom. The summed E-state index contributed by atoms with van der Waals surface area (Å²) in [5, 5.41) is 10.1. The molecular weight excluding hydrogens is 549 g/mol. The van der Waals surface area contributed by atoms with Crippen LogP contribution in [0.4, 0.5) is 41.2 Å². The van der Waals surface area contributed by atoms with E-state index in [1.807, 2.05) is 0 Å². The maximum Gasteiger partial charge on any atom is 0.420 e. The van der Waals surface area contributed by atoms with Crippen molar-refractivity contribution < 1.29 is 45.4 Å². The molecule has 0 saturated heterocycles. The van der Waals surface area contributed by atoms with Crippen LogP contribution in [0.5, 0.6) is 5.75 Å². The van der Waals surface area contributed by atoms with Gasteiger partial charge in [-0.3, -0.25) is 14.8 Å².